The topological polar surface area (TPSA) is 49.4 Å². The fraction of sp³-hybridized carbons (Fsp3) is 0.667. The molecule has 1 N–H and O–H groups in total. The van der Waals surface area contributed by atoms with Gasteiger partial charge in [-0.15, -0.1) is 11.3 Å². The second-order valence-electron chi connectivity index (χ2n) is 4.88. The number of rotatable bonds is 5. The average molecular weight is 318 g/mol. The molecule has 0 atom stereocenters. The van der Waals surface area contributed by atoms with E-state index in [4.69, 9.17) is 0 Å². The summed E-state index contributed by atoms with van der Waals surface area (Å²) in [5.74, 6) is 1.80. The van der Waals surface area contributed by atoms with Crippen LogP contribution >= 0.6 is 23.1 Å². The molecular formula is C12H18N2O2S3. The third-order valence-electron chi connectivity index (χ3n) is 3.42. The van der Waals surface area contributed by atoms with Crippen molar-refractivity contribution in [1.82, 2.24) is 9.62 Å². The highest BCUT2D eigenvalue weighted by molar-refractivity contribution is 7.99. The fourth-order valence-corrected chi connectivity index (χ4v) is 6.08. The molecule has 0 amide bonds. The van der Waals surface area contributed by atoms with Gasteiger partial charge in [0.05, 0.1) is 4.90 Å². The molecule has 0 radical (unpaired) electrons. The normalized spacial score (nSPS) is 21.7. The fourth-order valence-electron chi connectivity index (χ4n) is 2.14. The molecule has 0 unspecified atom stereocenters. The van der Waals surface area contributed by atoms with Crippen molar-refractivity contribution in [3.8, 4) is 0 Å². The summed E-state index contributed by atoms with van der Waals surface area (Å²) in [5, 5.41) is 5.28. The molecule has 0 bridgehead atoms. The smallest absolute Gasteiger partial charge is 0.244 e. The summed E-state index contributed by atoms with van der Waals surface area (Å²) < 4.78 is 26.9. The lowest BCUT2D eigenvalue weighted by atomic mass is 10.4. The van der Waals surface area contributed by atoms with Crippen LogP contribution in [0.1, 0.15) is 17.7 Å². The molecule has 0 spiro atoms. The number of thioether (sulfide) groups is 1. The first kappa shape index (κ1) is 13.9. The lowest BCUT2D eigenvalue weighted by molar-refractivity contribution is 0.443. The van der Waals surface area contributed by atoms with Gasteiger partial charge in [-0.05, 0) is 24.3 Å². The van der Waals surface area contributed by atoms with Gasteiger partial charge in [0, 0.05) is 42.1 Å². The van der Waals surface area contributed by atoms with Crippen molar-refractivity contribution < 1.29 is 8.42 Å². The molecule has 2 aliphatic rings. The van der Waals surface area contributed by atoms with E-state index in [0.717, 1.165) is 16.4 Å². The molecular weight excluding hydrogens is 300 g/mol. The first-order chi connectivity index (χ1) is 9.18. The summed E-state index contributed by atoms with van der Waals surface area (Å²) in [6.45, 7) is 1.95. The van der Waals surface area contributed by atoms with Crippen LogP contribution in [-0.4, -0.2) is 43.4 Å². The Balaban J connectivity index is 1.77. The number of hydrogen-bond donors (Lipinski definition) is 1. The molecule has 1 aliphatic carbocycles. The van der Waals surface area contributed by atoms with E-state index in [1.165, 1.54) is 24.2 Å². The van der Waals surface area contributed by atoms with E-state index in [9.17, 15) is 8.42 Å². The Morgan fingerprint density at radius 3 is 2.74 bits per heavy atom. The zero-order valence-electron chi connectivity index (χ0n) is 10.7. The van der Waals surface area contributed by atoms with E-state index in [1.54, 1.807) is 10.4 Å². The van der Waals surface area contributed by atoms with Crippen LogP contribution in [0.15, 0.2) is 16.3 Å². The Kier molecular flexibility index (Phi) is 4.19. The SMILES string of the molecule is O=S(=O)(c1ccsc1CNC1CC1)N1CCSCC1. The third kappa shape index (κ3) is 3.16. The van der Waals surface area contributed by atoms with Gasteiger partial charge in [0.2, 0.25) is 10.0 Å². The van der Waals surface area contributed by atoms with Crippen LogP contribution in [0, 0.1) is 0 Å². The largest absolute Gasteiger partial charge is 0.309 e. The Morgan fingerprint density at radius 1 is 1.32 bits per heavy atom. The summed E-state index contributed by atoms with van der Waals surface area (Å²) in [6.07, 6.45) is 2.44. The lowest BCUT2D eigenvalue weighted by Gasteiger charge is -2.25. The molecule has 3 rings (SSSR count). The van der Waals surface area contributed by atoms with E-state index < -0.39 is 10.0 Å². The number of hydrogen-bond acceptors (Lipinski definition) is 5. The summed E-state index contributed by atoms with van der Waals surface area (Å²) in [4.78, 5) is 1.46. The molecule has 7 heteroatoms. The van der Waals surface area contributed by atoms with Gasteiger partial charge in [0.15, 0.2) is 0 Å². The summed E-state index contributed by atoms with van der Waals surface area (Å²) >= 11 is 3.36. The summed E-state index contributed by atoms with van der Waals surface area (Å²) in [5.41, 5.74) is 0. The molecule has 1 aliphatic heterocycles. The van der Waals surface area contributed by atoms with E-state index >= 15 is 0 Å². The molecule has 106 valence electrons. The van der Waals surface area contributed by atoms with Crippen LogP contribution in [0.4, 0.5) is 0 Å². The zero-order valence-corrected chi connectivity index (χ0v) is 13.1. The van der Waals surface area contributed by atoms with E-state index in [1.807, 2.05) is 17.1 Å². The summed E-state index contributed by atoms with van der Waals surface area (Å²) in [6, 6.07) is 2.36. The Labute approximate surface area is 122 Å². The van der Waals surface area contributed by atoms with Gasteiger partial charge < -0.3 is 5.32 Å². The minimum absolute atomic E-state index is 0.512. The molecule has 0 aromatic carbocycles. The standard InChI is InChI=1S/C12H18N2O2S3/c15-19(16,14-4-7-17-8-5-14)12-3-6-18-11(12)9-13-10-1-2-10/h3,6,10,13H,1-2,4-5,7-9H2. The Morgan fingerprint density at radius 2 is 2.05 bits per heavy atom. The van der Waals surface area contributed by atoms with Crippen molar-refractivity contribution in [2.75, 3.05) is 24.6 Å². The van der Waals surface area contributed by atoms with Crippen molar-refractivity contribution in [3.05, 3.63) is 16.3 Å². The molecule has 1 aromatic rings. The second-order valence-corrected chi connectivity index (χ2v) is 9.01. The quantitative estimate of drug-likeness (QED) is 0.898. The molecule has 2 heterocycles. The van der Waals surface area contributed by atoms with Gasteiger partial charge in [-0.3, -0.25) is 0 Å². The zero-order chi connectivity index (χ0) is 13.3. The van der Waals surface area contributed by atoms with Crippen molar-refractivity contribution in [3.63, 3.8) is 0 Å². The van der Waals surface area contributed by atoms with Gasteiger partial charge in [-0.25, -0.2) is 8.42 Å². The predicted octanol–water partition coefficient (Wildman–Crippen LogP) is 1.74. The van der Waals surface area contributed by atoms with Crippen molar-refractivity contribution >= 4 is 33.1 Å². The van der Waals surface area contributed by atoms with E-state index in [-0.39, 0.29) is 0 Å². The van der Waals surface area contributed by atoms with Crippen LogP contribution in [0.25, 0.3) is 0 Å². The van der Waals surface area contributed by atoms with Crippen molar-refractivity contribution in [2.45, 2.75) is 30.3 Å². The van der Waals surface area contributed by atoms with Crippen LogP contribution < -0.4 is 5.32 Å². The number of sulfonamides is 1. The van der Waals surface area contributed by atoms with Crippen LogP contribution in [0.3, 0.4) is 0 Å². The maximum Gasteiger partial charge on any atom is 0.244 e. The molecule has 19 heavy (non-hydrogen) atoms. The van der Waals surface area contributed by atoms with Gasteiger partial charge >= 0.3 is 0 Å². The first-order valence-corrected chi connectivity index (χ1v) is 10.0. The minimum atomic E-state index is -3.29. The van der Waals surface area contributed by atoms with E-state index in [2.05, 4.69) is 5.32 Å². The average Bonchev–Trinajstić information content (AvgIpc) is 3.13. The molecule has 4 nitrogen and oxygen atoms in total. The van der Waals surface area contributed by atoms with Crippen molar-refractivity contribution in [1.29, 1.82) is 0 Å². The van der Waals surface area contributed by atoms with Gasteiger partial charge in [-0.1, -0.05) is 0 Å². The van der Waals surface area contributed by atoms with Crippen LogP contribution in [-0.2, 0) is 16.6 Å². The lowest BCUT2D eigenvalue weighted by Crippen LogP contribution is -2.38. The number of thiophene rings is 1. The number of nitrogens with zero attached hydrogens (tertiary/aromatic N) is 1. The van der Waals surface area contributed by atoms with E-state index in [0.29, 0.717) is 30.6 Å². The van der Waals surface area contributed by atoms with Crippen LogP contribution in [0.5, 0.6) is 0 Å². The molecule has 1 aromatic heterocycles. The maximum atomic E-state index is 12.6. The van der Waals surface area contributed by atoms with Gasteiger partial charge in [0.25, 0.3) is 0 Å². The molecule has 1 saturated carbocycles. The third-order valence-corrected chi connectivity index (χ3v) is 7.40. The Bertz CT molecular complexity index is 531. The van der Waals surface area contributed by atoms with Crippen LogP contribution in [0.2, 0.25) is 0 Å². The molecule has 1 saturated heterocycles. The second kappa shape index (κ2) is 5.73. The number of nitrogens with one attached hydrogen (secondary N) is 1. The van der Waals surface area contributed by atoms with Gasteiger partial charge in [-0.2, -0.15) is 16.1 Å². The van der Waals surface area contributed by atoms with Crippen molar-refractivity contribution in [2.24, 2.45) is 0 Å². The monoisotopic (exact) mass is 318 g/mol. The maximum absolute atomic E-state index is 12.6. The highest BCUT2D eigenvalue weighted by atomic mass is 32.2. The van der Waals surface area contributed by atoms with Gasteiger partial charge in [0.1, 0.15) is 0 Å². The first-order valence-electron chi connectivity index (χ1n) is 6.55. The highest BCUT2D eigenvalue weighted by Gasteiger charge is 2.29. The predicted molar refractivity (Wildman–Crippen MR) is 80.3 cm³/mol. The summed E-state index contributed by atoms with van der Waals surface area (Å²) in [7, 11) is -3.29. The minimum Gasteiger partial charge on any atom is -0.309 e. The molecule has 2 fully saturated rings. The highest BCUT2D eigenvalue weighted by Crippen LogP contribution is 2.28. The Hall–Kier alpha value is -0.0800.